The zero-order valence-electron chi connectivity index (χ0n) is 19.6. The average Bonchev–Trinajstić information content (AvgIpc) is 2.92. The van der Waals surface area contributed by atoms with Crippen LogP contribution in [-0.4, -0.2) is 24.3 Å². The van der Waals surface area contributed by atoms with E-state index in [4.69, 9.17) is 21.1 Å². The van der Waals surface area contributed by atoms with Gasteiger partial charge >= 0.3 is 0 Å². The summed E-state index contributed by atoms with van der Waals surface area (Å²) < 4.78 is 11.5. The van der Waals surface area contributed by atoms with Crippen molar-refractivity contribution >= 4 is 23.7 Å². The van der Waals surface area contributed by atoms with E-state index in [0.717, 1.165) is 5.56 Å². The maximum absolute atomic E-state index is 13.3. The Morgan fingerprint density at radius 2 is 1.58 bits per heavy atom. The van der Waals surface area contributed by atoms with Crippen molar-refractivity contribution in [2.45, 2.75) is 12.2 Å². The van der Waals surface area contributed by atoms with Crippen LogP contribution in [0.25, 0.3) is 0 Å². The summed E-state index contributed by atoms with van der Waals surface area (Å²) in [5.74, 6) is 0.275. The van der Waals surface area contributed by atoms with Crippen molar-refractivity contribution in [3.05, 3.63) is 130 Å². The normalized spacial score (nSPS) is 11.3. The van der Waals surface area contributed by atoms with Crippen molar-refractivity contribution < 1.29 is 19.4 Å². The number of hydrazone groups is 1. The monoisotopic (exact) mass is 500 g/mol. The highest BCUT2D eigenvalue weighted by Crippen LogP contribution is 2.32. The first-order valence-electron chi connectivity index (χ1n) is 11.2. The lowest BCUT2D eigenvalue weighted by Crippen LogP contribution is -2.43. The van der Waals surface area contributed by atoms with Gasteiger partial charge in [0.25, 0.3) is 5.91 Å². The quantitative estimate of drug-likeness (QED) is 0.241. The Morgan fingerprint density at radius 1 is 0.944 bits per heavy atom. The average molecular weight is 501 g/mol. The third-order valence-electron chi connectivity index (χ3n) is 5.58. The Labute approximate surface area is 214 Å². The highest BCUT2D eigenvalue weighted by Gasteiger charge is 2.39. The van der Waals surface area contributed by atoms with Gasteiger partial charge in [0.05, 0.1) is 13.3 Å². The van der Waals surface area contributed by atoms with E-state index in [9.17, 15) is 9.90 Å². The molecule has 4 aromatic carbocycles. The molecule has 0 aliphatic carbocycles. The molecule has 0 atom stereocenters. The third kappa shape index (κ3) is 5.57. The Morgan fingerprint density at radius 3 is 2.19 bits per heavy atom. The Balaban J connectivity index is 1.57. The van der Waals surface area contributed by atoms with Gasteiger partial charge in [-0.25, -0.2) is 5.43 Å². The third-order valence-corrected chi connectivity index (χ3v) is 5.82. The van der Waals surface area contributed by atoms with Crippen molar-refractivity contribution in [3.8, 4) is 11.5 Å². The molecular formula is C29H25ClN2O4. The van der Waals surface area contributed by atoms with Gasteiger partial charge in [0.15, 0.2) is 17.1 Å². The number of para-hydroxylation sites is 1. The minimum Gasteiger partial charge on any atom is -0.493 e. The van der Waals surface area contributed by atoms with E-state index < -0.39 is 11.5 Å². The van der Waals surface area contributed by atoms with Crippen LogP contribution in [0.4, 0.5) is 0 Å². The molecule has 0 bridgehead atoms. The molecule has 36 heavy (non-hydrogen) atoms. The molecule has 4 aromatic rings. The second-order valence-electron chi connectivity index (χ2n) is 7.94. The second kappa shape index (κ2) is 11.5. The van der Waals surface area contributed by atoms with E-state index in [1.165, 1.54) is 6.21 Å². The smallest absolute Gasteiger partial charge is 0.281 e. The van der Waals surface area contributed by atoms with Gasteiger partial charge in [-0.2, -0.15) is 5.10 Å². The number of carbonyl (C=O) groups is 1. The minimum absolute atomic E-state index is 0.260. The number of nitrogens with zero attached hydrogens (tertiary/aromatic N) is 1. The van der Waals surface area contributed by atoms with Crippen LogP contribution in [0.1, 0.15) is 22.3 Å². The van der Waals surface area contributed by atoms with Crippen LogP contribution in [0.5, 0.6) is 11.5 Å². The summed E-state index contributed by atoms with van der Waals surface area (Å²) in [4.78, 5) is 13.3. The number of methoxy groups -OCH3 is 1. The van der Waals surface area contributed by atoms with E-state index in [2.05, 4.69) is 10.5 Å². The Kier molecular flexibility index (Phi) is 8.00. The molecule has 182 valence electrons. The summed E-state index contributed by atoms with van der Waals surface area (Å²) in [6.07, 6.45) is 1.45. The van der Waals surface area contributed by atoms with Crippen LogP contribution in [0.2, 0.25) is 5.02 Å². The number of amides is 1. The number of hydrogen-bond donors (Lipinski definition) is 2. The van der Waals surface area contributed by atoms with Gasteiger partial charge in [-0.3, -0.25) is 4.79 Å². The Hall–Kier alpha value is -4.13. The van der Waals surface area contributed by atoms with E-state index in [-0.39, 0.29) is 6.61 Å². The molecule has 4 rings (SSSR count). The van der Waals surface area contributed by atoms with Gasteiger partial charge in [0.2, 0.25) is 0 Å². The van der Waals surface area contributed by atoms with Gasteiger partial charge in [-0.05, 0) is 41.0 Å². The lowest BCUT2D eigenvalue weighted by atomic mass is 9.85. The van der Waals surface area contributed by atoms with Crippen LogP contribution >= 0.6 is 11.6 Å². The number of carbonyl (C=O) groups excluding carboxylic acids is 1. The summed E-state index contributed by atoms with van der Waals surface area (Å²) in [6.45, 7) is 0.260. The second-order valence-corrected chi connectivity index (χ2v) is 8.38. The van der Waals surface area contributed by atoms with Gasteiger partial charge in [-0.1, -0.05) is 90.5 Å². The van der Waals surface area contributed by atoms with Gasteiger partial charge in [-0.15, -0.1) is 0 Å². The standard InChI is InChI=1S/C29H25ClN2O4/c1-35-26-17-9-11-22(27(26)36-20-21-10-8-16-25(30)18-21)19-31-32-28(33)29(34,23-12-4-2-5-13-23)24-14-6-3-7-15-24/h2-19,34H,20H2,1H3,(H,32,33)/b31-19-. The van der Waals surface area contributed by atoms with Crippen LogP contribution < -0.4 is 14.9 Å². The molecule has 0 heterocycles. The summed E-state index contributed by atoms with van der Waals surface area (Å²) in [6, 6.07) is 30.2. The summed E-state index contributed by atoms with van der Waals surface area (Å²) in [7, 11) is 1.55. The maximum Gasteiger partial charge on any atom is 0.281 e. The fraction of sp³-hybridized carbons (Fsp3) is 0.103. The van der Waals surface area contributed by atoms with Crippen molar-refractivity contribution in [1.29, 1.82) is 0 Å². The van der Waals surface area contributed by atoms with Crippen LogP contribution in [0, 0.1) is 0 Å². The zero-order valence-corrected chi connectivity index (χ0v) is 20.4. The van der Waals surface area contributed by atoms with E-state index in [1.807, 2.05) is 30.3 Å². The maximum atomic E-state index is 13.3. The van der Waals surface area contributed by atoms with Gasteiger partial charge in [0, 0.05) is 10.6 Å². The summed E-state index contributed by atoms with van der Waals surface area (Å²) >= 11 is 6.08. The predicted octanol–water partition coefficient (Wildman–Crippen LogP) is 5.31. The van der Waals surface area contributed by atoms with E-state index in [0.29, 0.717) is 33.2 Å². The van der Waals surface area contributed by atoms with E-state index in [1.54, 1.807) is 79.9 Å². The molecule has 0 aliphatic heterocycles. The number of rotatable bonds is 9. The largest absolute Gasteiger partial charge is 0.493 e. The van der Waals surface area contributed by atoms with Crippen molar-refractivity contribution in [3.63, 3.8) is 0 Å². The SMILES string of the molecule is COc1cccc(/C=N\NC(=O)C(O)(c2ccccc2)c2ccccc2)c1OCc1cccc(Cl)c1. The molecule has 6 nitrogen and oxygen atoms in total. The molecule has 0 aromatic heterocycles. The van der Waals surface area contributed by atoms with Crippen molar-refractivity contribution in [2.24, 2.45) is 5.10 Å². The first-order valence-corrected chi connectivity index (χ1v) is 11.6. The van der Waals surface area contributed by atoms with E-state index >= 15 is 0 Å². The molecule has 2 N–H and O–H groups in total. The molecule has 0 aliphatic rings. The lowest BCUT2D eigenvalue weighted by Gasteiger charge is -2.27. The predicted molar refractivity (Wildman–Crippen MR) is 140 cm³/mol. The molecule has 0 spiro atoms. The fourth-order valence-corrected chi connectivity index (χ4v) is 3.97. The summed E-state index contributed by atoms with van der Waals surface area (Å²) in [5.41, 5.74) is 2.88. The van der Waals surface area contributed by atoms with Gasteiger partial charge in [0.1, 0.15) is 6.61 Å². The number of aliphatic hydroxyl groups is 1. The first-order chi connectivity index (χ1) is 17.5. The van der Waals surface area contributed by atoms with Crippen molar-refractivity contribution in [2.75, 3.05) is 7.11 Å². The number of halogens is 1. The molecule has 7 heteroatoms. The molecule has 0 saturated heterocycles. The molecular weight excluding hydrogens is 476 g/mol. The van der Waals surface area contributed by atoms with Crippen LogP contribution in [0.3, 0.4) is 0 Å². The fourth-order valence-electron chi connectivity index (χ4n) is 3.76. The lowest BCUT2D eigenvalue weighted by molar-refractivity contribution is -0.136. The summed E-state index contributed by atoms with van der Waals surface area (Å²) in [5, 5.41) is 16.3. The number of hydrogen-bond acceptors (Lipinski definition) is 5. The topological polar surface area (TPSA) is 80.2 Å². The number of ether oxygens (including phenoxy) is 2. The number of nitrogens with one attached hydrogen (secondary N) is 1. The highest BCUT2D eigenvalue weighted by molar-refractivity contribution is 6.30. The molecule has 0 unspecified atom stereocenters. The number of benzene rings is 4. The highest BCUT2D eigenvalue weighted by atomic mass is 35.5. The van der Waals surface area contributed by atoms with Crippen LogP contribution in [-0.2, 0) is 17.0 Å². The minimum atomic E-state index is -1.93. The van der Waals surface area contributed by atoms with Crippen LogP contribution in [0.15, 0.2) is 108 Å². The molecule has 1 amide bonds. The Bertz CT molecular complexity index is 1300. The molecule has 0 radical (unpaired) electrons. The van der Waals surface area contributed by atoms with Gasteiger partial charge < -0.3 is 14.6 Å². The zero-order chi connectivity index (χ0) is 25.4. The first kappa shape index (κ1) is 25.0. The molecule has 0 saturated carbocycles. The van der Waals surface area contributed by atoms with Crippen molar-refractivity contribution in [1.82, 2.24) is 5.43 Å². The molecule has 0 fully saturated rings.